The van der Waals surface area contributed by atoms with Gasteiger partial charge in [-0.2, -0.15) is 5.10 Å². The van der Waals surface area contributed by atoms with Gasteiger partial charge in [-0.1, -0.05) is 12.2 Å². The fourth-order valence-electron chi connectivity index (χ4n) is 3.11. The third-order valence-corrected chi connectivity index (χ3v) is 4.64. The number of rotatable bonds is 6. The SMILES string of the molecule is CC(=S)NC[C@H]1CN(c2ccc(-n3cnc(Cn4cccn4)c3)c(F)c2)C(=O)O1. The molecule has 1 aromatic carbocycles. The molecule has 3 aromatic rings. The topological polar surface area (TPSA) is 77.2 Å². The number of ether oxygens (including phenoxy) is 1. The highest BCUT2D eigenvalue weighted by Gasteiger charge is 2.32. The summed E-state index contributed by atoms with van der Waals surface area (Å²) in [6.45, 7) is 3.00. The van der Waals surface area contributed by atoms with Crippen LogP contribution in [0.2, 0.25) is 0 Å². The number of imidazole rings is 1. The van der Waals surface area contributed by atoms with E-state index >= 15 is 0 Å². The Kier molecular flexibility index (Phi) is 5.26. The van der Waals surface area contributed by atoms with Crippen molar-refractivity contribution in [1.82, 2.24) is 24.6 Å². The number of nitrogens with zero attached hydrogens (tertiary/aromatic N) is 5. The van der Waals surface area contributed by atoms with E-state index in [0.29, 0.717) is 36.0 Å². The Hall–Kier alpha value is -3.27. The molecule has 1 saturated heterocycles. The molecule has 0 spiro atoms. The predicted octanol–water partition coefficient (Wildman–Crippen LogP) is 2.52. The summed E-state index contributed by atoms with van der Waals surface area (Å²) in [5, 5.41) is 7.11. The maximum absolute atomic E-state index is 14.8. The molecule has 0 radical (unpaired) electrons. The van der Waals surface area contributed by atoms with Gasteiger partial charge in [0, 0.05) is 18.6 Å². The van der Waals surface area contributed by atoms with Crippen LogP contribution in [0.15, 0.2) is 49.2 Å². The highest BCUT2D eigenvalue weighted by molar-refractivity contribution is 7.80. The van der Waals surface area contributed by atoms with E-state index in [1.54, 1.807) is 47.0 Å². The van der Waals surface area contributed by atoms with Crippen molar-refractivity contribution < 1.29 is 13.9 Å². The van der Waals surface area contributed by atoms with E-state index in [1.807, 2.05) is 12.3 Å². The molecule has 1 amide bonds. The molecular formula is C19H19FN6O2S. The molecule has 0 unspecified atom stereocenters. The molecule has 29 heavy (non-hydrogen) atoms. The second kappa shape index (κ2) is 8.00. The molecular weight excluding hydrogens is 395 g/mol. The zero-order chi connectivity index (χ0) is 20.4. The lowest BCUT2D eigenvalue weighted by Crippen LogP contribution is -2.32. The third kappa shape index (κ3) is 4.27. The maximum Gasteiger partial charge on any atom is 0.414 e. The van der Waals surface area contributed by atoms with Crippen molar-refractivity contribution in [2.24, 2.45) is 0 Å². The van der Waals surface area contributed by atoms with E-state index in [1.165, 1.54) is 11.0 Å². The zero-order valence-corrected chi connectivity index (χ0v) is 16.5. The van der Waals surface area contributed by atoms with Crippen LogP contribution in [0.1, 0.15) is 12.6 Å². The first-order valence-electron chi connectivity index (χ1n) is 9.02. The standard InChI is InChI=1S/C19H19FN6O2S/c1-13(29)21-8-16-11-26(19(27)28-16)15-3-4-18(17(20)7-15)24-9-14(22-12-24)10-25-6-2-5-23-25/h2-7,9,12,16H,8,10-11H2,1H3,(H,21,29)/t16-/m0/s1. The quantitative estimate of drug-likeness (QED) is 0.625. The molecule has 0 aliphatic carbocycles. The van der Waals surface area contributed by atoms with Gasteiger partial charge in [-0.3, -0.25) is 9.58 Å². The minimum Gasteiger partial charge on any atom is -0.442 e. The minimum atomic E-state index is -0.505. The number of thiocarbonyl (C=S) groups is 1. The van der Waals surface area contributed by atoms with Gasteiger partial charge >= 0.3 is 6.09 Å². The summed E-state index contributed by atoms with van der Waals surface area (Å²) in [5.74, 6) is -0.463. The van der Waals surface area contributed by atoms with Gasteiger partial charge in [0.25, 0.3) is 0 Å². The van der Waals surface area contributed by atoms with Crippen molar-refractivity contribution in [1.29, 1.82) is 0 Å². The number of halogens is 1. The summed E-state index contributed by atoms with van der Waals surface area (Å²) in [4.78, 5) is 18.5. The molecule has 1 aliphatic rings. The Bertz CT molecular complexity index is 1040. The number of cyclic esters (lactones) is 1. The van der Waals surface area contributed by atoms with Crippen LogP contribution in [0, 0.1) is 5.82 Å². The molecule has 1 fully saturated rings. The van der Waals surface area contributed by atoms with Gasteiger partial charge in [0.05, 0.1) is 48.0 Å². The zero-order valence-electron chi connectivity index (χ0n) is 15.7. The highest BCUT2D eigenvalue weighted by atomic mass is 32.1. The summed E-state index contributed by atoms with van der Waals surface area (Å²) in [5.41, 5.74) is 1.54. The first-order valence-corrected chi connectivity index (χ1v) is 9.43. The van der Waals surface area contributed by atoms with Crippen molar-refractivity contribution in [2.45, 2.75) is 19.6 Å². The number of carbonyl (C=O) groups is 1. The normalized spacial score (nSPS) is 16.1. The molecule has 1 atom stereocenters. The number of benzene rings is 1. The summed E-state index contributed by atoms with van der Waals surface area (Å²) in [6, 6.07) is 6.46. The Morgan fingerprint density at radius 3 is 3.03 bits per heavy atom. The van der Waals surface area contributed by atoms with Gasteiger partial charge in [0.2, 0.25) is 0 Å². The van der Waals surface area contributed by atoms with Crippen molar-refractivity contribution in [3.05, 3.63) is 60.7 Å². The van der Waals surface area contributed by atoms with Crippen LogP contribution in [-0.4, -0.2) is 49.6 Å². The smallest absolute Gasteiger partial charge is 0.414 e. The van der Waals surface area contributed by atoms with Gasteiger partial charge < -0.3 is 14.6 Å². The summed E-state index contributed by atoms with van der Waals surface area (Å²) in [6.07, 6.45) is 5.97. The molecule has 3 heterocycles. The number of amides is 1. The molecule has 4 rings (SSSR count). The van der Waals surface area contributed by atoms with E-state index in [0.717, 1.165) is 5.69 Å². The van der Waals surface area contributed by atoms with Crippen molar-refractivity contribution in [3.8, 4) is 5.69 Å². The molecule has 0 saturated carbocycles. The summed E-state index contributed by atoms with van der Waals surface area (Å²) >= 11 is 4.97. The Morgan fingerprint density at radius 2 is 2.31 bits per heavy atom. The molecule has 1 aliphatic heterocycles. The van der Waals surface area contributed by atoms with Crippen molar-refractivity contribution in [3.63, 3.8) is 0 Å². The van der Waals surface area contributed by atoms with Crippen molar-refractivity contribution in [2.75, 3.05) is 18.0 Å². The highest BCUT2D eigenvalue weighted by Crippen LogP contribution is 2.25. The Balaban J connectivity index is 1.48. The third-order valence-electron chi connectivity index (χ3n) is 4.49. The van der Waals surface area contributed by atoms with Crippen LogP contribution in [0.25, 0.3) is 5.69 Å². The monoisotopic (exact) mass is 414 g/mol. The number of carbonyl (C=O) groups excluding carboxylic acids is 1. The Labute approximate surface area is 171 Å². The lowest BCUT2D eigenvalue weighted by molar-refractivity contribution is 0.143. The van der Waals surface area contributed by atoms with E-state index in [9.17, 15) is 9.18 Å². The van der Waals surface area contributed by atoms with Crippen molar-refractivity contribution >= 4 is 29.0 Å². The molecule has 10 heteroatoms. The van der Waals surface area contributed by atoms with Crippen LogP contribution in [0.5, 0.6) is 0 Å². The number of aromatic nitrogens is 4. The van der Waals surface area contributed by atoms with E-state index in [4.69, 9.17) is 17.0 Å². The molecule has 150 valence electrons. The van der Waals surface area contributed by atoms with Crippen LogP contribution in [0.3, 0.4) is 0 Å². The molecule has 0 bridgehead atoms. The van der Waals surface area contributed by atoms with Gasteiger partial charge in [0.15, 0.2) is 0 Å². The molecule has 2 aromatic heterocycles. The van der Waals surface area contributed by atoms with Crippen LogP contribution < -0.4 is 10.2 Å². The minimum absolute atomic E-state index is 0.326. The Morgan fingerprint density at radius 1 is 1.45 bits per heavy atom. The van der Waals surface area contributed by atoms with Gasteiger partial charge in [-0.25, -0.2) is 14.2 Å². The van der Waals surface area contributed by atoms with E-state index in [2.05, 4.69) is 15.4 Å². The molecule has 8 nitrogen and oxygen atoms in total. The predicted molar refractivity (Wildman–Crippen MR) is 109 cm³/mol. The van der Waals surface area contributed by atoms with E-state index < -0.39 is 11.9 Å². The van der Waals surface area contributed by atoms with Gasteiger partial charge in [0.1, 0.15) is 11.9 Å². The molecule has 1 N–H and O–H groups in total. The summed E-state index contributed by atoms with van der Waals surface area (Å²) in [7, 11) is 0. The lowest BCUT2D eigenvalue weighted by Gasteiger charge is -2.14. The van der Waals surface area contributed by atoms with Gasteiger partial charge in [-0.15, -0.1) is 0 Å². The number of nitrogens with one attached hydrogen (secondary N) is 1. The fraction of sp³-hybridized carbons (Fsp3) is 0.263. The van der Waals surface area contributed by atoms with Crippen LogP contribution in [-0.2, 0) is 11.3 Å². The largest absolute Gasteiger partial charge is 0.442 e. The van der Waals surface area contributed by atoms with E-state index in [-0.39, 0.29) is 6.10 Å². The van der Waals surface area contributed by atoms with Gasteiger partial charge in [-0.05, 0) is 31.2 Å². The van der Waals surface area contributed by atoms with Crippen LogP contribution in [0.4, 0.5) is 14.9 Å². The maximum atomic E-state index is 14.8. The average Bonchev–Trinajstić information content (AvgIpc) is 3.42. The number of hydrogen-bond donors (Lipinski definition) is 1. The average molecular weight is 414 g/mol. The first-order chi connectivity index (χ1) is 14.0. The number of anilines is 1. The first kappa shape index (κ1) is 19.1. The fourth-order valence-corrected chi connectivity index (χ4v) is 3.19. The second-order valence-electron chi connectivity index (χ2n) is 6.67. The summed E-state index contributed by atoms with van der Waals surface area (Å²) < 4.78 is 23.4. The number of hydrogen-bond acceptors (Lipinski definition) is 5. The lowest BCUT2D eigenvalue weighted by atomic mass is 10.2. The second-order valence-corrected chi connectivity index (χ2v) is 7.28. The van der Waals surface area contributed by atoms with Crippen LogP contribution >= 0.6 is 12.2 Å².